The highest BCUT2D eigenvalue weighted by molar-refractivity contribution is 6.74. The Hall–Kier alpha value is -2.51. The molecule has 48 heavy (non-hydrogen) atoms. The highest BCUT2D eigenvalue weighted by atomic mass is 28.4. The maximum atomic E-state index is 13.3. The molecule has 2 fully saturated rings. The van der Waals surface area contributed by atoms with Crippen molar-refractivity contribution in [2.45, 2.75) is 127 Å². The van der Waals surface area contributed by atoms with Gasteiger partial charge in [-0.25, -0.2) is 4.79 Å². The van der Waals surface area contributed by atoms with Crippen LogP contribution in [0.4, 0.5) is 0 Å². The van der Waals surface area contributed by atoms with Crippen molar-refractivity contribution in [1.29, 1.82) is 0 Å². The van der Waals surface area contributed by atoms with Crippen molar-refractivity contribution >= 4 is 14.3 Å². The number of hydrogen-bond donors (Lipinski definition) is 2. The second-order valence-corrected chi connectivity index (χ2v) is 19.4. The molecule has 2 aromatic rings. The van der Waals surface area contributed by atoms with Crippen molar-refractivity contribution in [2.75, 3.05) is 27.4 Å². The van der Waals surface area contributed by atoms with E-state index in [9.17, 15) is 15.0 Å². The number of rotatable bonds is 15. The molecule has 0 aliphatic carbocycles. The Balaban J connectivity index is 1.48. The molecule has 2 N–H and O–H groups in total. The molecule has 0 unspecified atom stereocenters. The van der Waals surface area contributed by atoms with Gasteiger partial charge in [-0.15, -0.1) is 0 Å². The van der Waals surface area contributed by atoms with Gasteiger partial charge in [0.05, 0.1) is 50.8 Å². The van der Waals surface area contributed by atoms with Crippen LogP contribution in [0.3, 0.4) is 0 Å². The van der Waals surface area contributed by atoms with Crippen molar-refractivity contribution in [3.05, 3.63) is 59.7 Å². The molecule has 0 amide bonds. The Morgan fingerprint density at radius 2 is 1.58 bits per heavy atom. The van der Waals surface area contributed by atoms with Gasteiger partial charge in [0.1, 0.15) is 17.6 Å². The third-order valence-electron chi connectivity index (χ3n) is 9.84. The van der Waals surface area contributed by atoms with Gasteiger partial charge in [0.2, 0.25) is 0 Å². The van der Waals surface area contributed by atoms with E-state index in [1.165, 1.54) is 0 Å². The van der Waals surface area contributed by atoms with Crippen LogP contribution >= 0.6 is 0 Å². The van der Waals surface area contributed by atoms with Gasteiger partial charge < -0.3 is 43.1 Å². The van der Waals surface area contributed by atoms with E-state index >= 15 is 0 Å². The average Bonchev–Trinajstić information content (AvgIpc) is 3.03. The molecule has 10 nitrogen and oxygen atoms in total. The van der Waals surface area contributed by atoms with E-state index in [1.807, 2.05) is 24.3 Å². The second-order valence-electron chi connectivity index (χ2n) is 14.6. The van der Waals surface area contributed by atoms with Crippen LogP contribution in [-0.4, -0.2) is 88.2 Å². The summed E-state index contributed by atoms with van der Waals surface area (Å²) in [5.74, 6) is -0.0985. The fraction of sp³-hybridized carbons (Fsp3) is 0.649. The third kappa shape index (κ3) is 10.7. The smallest absolute Gasteiger partial charge is 0.338 e. The number of carbonyl (C=O) groups excluding carboxylic acids is 1. The Bertz CT molecular complexity index is 1280. The SMILES string of the molecule is COc1ccc(CO[C@@H]2C[C@H](CCO)O[C@]3(C[C@H](O)C[C@H](C[C@@H](CCO[Si](C)(C)C(C)(C)C)OC(=O)c4ccc(OC)cc4)O3)C2)cc1. The molecule has 11 heteroatoms. The van der Waals surface area contributed by atoms with Crippen molar-refractivity contribution in [3.63, 3.8) is 0 Å². The highest BCUT2D eigenvalue weighted by Gasteiger charge is 2.49. The van der Waals surface area contributed by atoms with Crippen molar-refractivity contribution in [3.8, 4) is 11.5 Å². The lowest BCUT2D eigenvalue weighted by molar-refractivity contribution is -0.344. The van der Waals surface area contributed by atoms with Crippen LogP contribution in [0.5, 0.6) is 11.5 Å². The van der Waals surface area contributed by atoms with Gasteiger partial charge in [0, 0.05) is 45.3 Å². The largest absolute Gasteiger partial charge is 0.497 e. The zero-order chi connectivity index (χ0) is 35.0. The number of ether oxygens (including phenoxy) is 6. The summed E-state index contributed by atoms with van der Waals surface area (Å²) in [5, 5.41) is 21.0. The molecule has 0 saturated carbocycles. The summed E-state index contributed by atoms with van der Waals surface area (Å²) in [5.41, 5.74) is 1.44. The maximum absolute atomic E-state index is 13.3. The molecule has 4 rings (SSSR count). The predicted octanol–water partition coefficient (Wildman–Crippen LogP) is 6.41. The summed E-state index contributed by atoms with van der Waals surface area (Å²) in [6.07, 6.45) is 0.862. The molecule has 1 spiro atoms. The van der Waals surface area contributed by atoms with Crippen molar-refractivity contribution in [2.24, 2.45) is 0 Å². The summed E-state index contributed by atoms with van der Waals surface area (Å²) in [6, 6.07) is 14.6. The standard InChI is InChI=1S/C37H56O10Si/c1-36(2,3)48(6,7)44-19-17-31(45-35(40)27-10-14-30(42-5)15-11-27)21-33-20-28(39)23-37(47-33)24-34(22-32(46-37)16-18-38)43-25-26-8-12-29(41-4)13-9-26/h8-15,28,31-34,38-39H,16-25H2,1-7H3/t28-,31-,32+,33-,34-,37+/m1/s1. The van der Waals surface area contributed by atoms with Gasteiger partial charge in [-0.05, 0) is 72.9 Å². The van der Waals surface area contributed by atoms with Gasteiger partial charge in [-0.1, -0.05) is 32.9 Å². The quantitative estimate of drug-likeness (QED) is 0.160. The molecule has 6 atom stereocenters. The summed E-state index contributed by atoms with van der Waals surface area (Å²) in [6.45, 7) is 11.8. The molecular formula is C37H56O10Si. The van der Waals surface area contributed by atoms with Gasteiger partial charge >= 0.3 is 5.97 Å². The van der Waals surface area contributed by atoms with E-state index in [2.05, 4.69) is 33.9 Å². The van der Waals surface area contributed by atoms with Gasteiger partial charge in [0.25, 0.3) is 0 Å². The lowest BCUT2D eigenvalue weighted by atomic mass is 9.87. The topological polar surface area (TPSA) is 122 Å². The molecule has 268 valence electrons. The first-order valence-corrected chi connectivity index (χ1v) is 20.0. The van der Waals surface area contributed by atoms with Crippen LogP contribution in [0.25, 0.3) is 0 Å². The summed E-state index contributed by atoms with van der Waals surface area (Å²) in [7, 11) is 1.18. The van der Waals surface area contributed by atoms with Gasteiger partial charge in [0.15, 0.2) is 14.1 Å². The minimum absolute atomic E-state index is 0.0322. The van der Waals surface area contributed by atoms with E-state index in [4.69, 9.17) is 32.8 Å². The number of aliphatic hydroxyl groups is 2. The lowest BCUT2D eigenvalue weighted by Crippen LogP contribution is -2.55. The fourth-order valence-electron chi connectivity index (χ4n) is 6.13. The van der Waals surface area contributed by atoms with Crippen LogP contribution in [0.15, 0.2) is 48.5 Å². The fourth-order valence-corrected chi connectivity index (χ4v) is 7.19. The van der Waals surface area contributed by atoms with Gasteiger partial charge in [-0.2, -0.15) is 0 Å². The van der Waals surface area contributed by atoms with Crippen LogP contribution in [0.1, 0.15) is 81.6 Å². The second kappa shape index (κ2) is 16.9. The Labute approximate surface area is 287 Å². The molecule has 0 bridgehead atoms. The van der Waals surface area contributed by atoms with Crippen LogP contribution in [-0.2, 0) is 30.0 Å². The van der Waals surface area contributed by atoms with E-state index in [0.29, 0.717) is 69.5 Å². The zero-order valence-electron chi connectivity index (χ0n) is 29.7. The minimum atomic E-state index is -2.03. The lowest BCUT2D eigenvalue weighted by Gasteiger charge is -2.49. The molecule has 2 aromatic carbocycles. The number of methoxy groups -OCH3 is 2. The number of benzene rings is 2. The monoisotopic (exact) mass is 688 g/mol. The average molecular weight is 689 g/mol. The van der Waals surface area contributed by atoms with Crippen LogP contribution in [0.2, 0.25) is 18.1 Å². The Morgan fingerprint density at radius 3 is 2.19 bits per heavy atom. The molecule has 0 radical (unpaired) electrons. The summed E-state index contributed by atoms with van der Waals surface area (Å²) in [4.78, 5) is 13.3. The molecular weight excluding hydrogens is 632 g/mol. The molecule has 2 saturated heterocycles. The van der Waals surface area contributed by atoms with Crippen LogP contribution in [0, 0.1) is 0 Å². The predicted molar refractivity (Wildman–Crippen MR) is 185 cm³/mol. The first-order valence-electron chi connectivity index (χ1n) is 17.1. The number of hydrogen-bond acceptors (Lipinski definition) is 10. The highest BCUT2D eigenvalue weighted by Crippen LogP contribution is 2.42. The minimum Gasteiger partial charge on any atom is -0.497 e. The molecule has 2 heterocycles. The van der Waals surface area contributed by atoms with E-state index in [1.54, 1.807) is 38.5 Å². The third-order valence-corrected chi connectivity index (χ3v) is 14.4. The summed E-state index contributed by atoms with van der Waals surface area (Å²) >= 11 is 0. The maximum Gasteiger partial charge on any atom is 0.338 e. The van der Waals surface area contributed by atoms with E-state index in [-0.39, 0.29) is 23.9 Å². The molecule has 2 aliphatic rings. The number of carbonyl (C=O) groups is 1. The van der Waals surface area contributed by atoms with Gasteiger partial charge in [-0.3, -0.25) is 0 Å². The normalized spacial score (nSPS) is 25.4. The molecule has 0 aromatic heterocycles. The first kappa shape index (κ1) is 38.3. The molecule has 2 aliphatic heterocycles. The van der Waals surface area contributed by atoms with Crippen LogP contribution < -0.4 is 9.47 Å². The zero-order valence-corrected chi connectivity index (χ0v) is 30.7. The number of aliphatic hydroxyl groups excluding tert-OH is 2. The van der Waals surface area contributed by atoms with Crippen molar-refractivity contribution < 1.29 is 47.9 Å². The Kier molecular flexibility index (Phi) is 13.5. The first-order chi connectivity index (χ1) is 22.7. The van der Waals surface area contributed by atoms with E-state index in [0.717, 1.165) is 11.3 Å². The summed E-state index contributed by atoms with van der Waals surface area (Å²) < 4.78 is 42.7. The Morgan fingerprint density at radius 1 is 0.958 bits per heavy atom. The van der Waals surface area contributed by atoms with E-state index < -0.39 is 38.4 Å². The van der Waals surface area contributed by atoms with Crippen molar-refractivity contribution in [1.82, 2.24) is 0 Å². The number of esters is 1.